The molecule has 1 saturated carbocycles. The number of carbonyl (C=O) groups excluding carboxylic acids is 1. The van der Waals surface area contributed by atoms with Gasteiger partial charge in [-0.2, -0.15) is 0 Å². The van der Waals surface area contributed by atoms with Gasteiger partial charge in [0.1, 0.15) is 0 Å². The van der Waals surface area contributed by atoms with E-state index in [1.54, 1.807) is 6.07 Å². The summed E-state index contributed by atoms with van der Waals surface area (Å²) >= 11 is 16.0. The van der Waals surface area contributed by atoms with Gasteiger partial charge in [0, 0.05) is 10.9 Å². The summed E-state index contributed by atoms with van der Waals surface area (Å²) in [5.74, 6) is 0.00846. The molecule has 0 bridgehead atoms. The summed E-state index contributed by atoms with van der Waals surface area (Å²) < 4.78 is 0. The average molecular weight is 403 g/mol. The molecule has 1 aliphatic carbocycles. The second-order valence-electron chi connectivity index (χ2n) is 6.17. The molecule has 0 saturated heterocycles. The van der Waals surface area contributed by atoms with Crippen molar-refractivity contribution in [1.29, 1.82) is 0 Å². The fourth-order valence-electron chi connectivity index (χ4n) is 3.68. The Morgan fingerprint density at radius 2 is 1.91 bits per heavy atom. The van der Waals surface area contributed by atoms with E-state index in [2.05, 4.69) is 21.2 Å². The Morgan fingerprint density at radius 1 is 1.23 bits per heavy atom. The fraction of sp³-hybridized carbons (Fsp3) is 0.471. The first kappa shape index (κ1) is 16.4. The van der Waals surface area contributed by atoms with Crippen molar-refractivity contribution in [3.05, 3.63) is 38.9 Å². The lowest BCUT2D eigenvalue weighted by molar-refractivity contribution is -0.116. The van der Waals surface area contributed by atoms with Gasteiger partial charge in [-0.1, -0.05) is 58.4 Å². The van der Waals surface area contributed by atoms with Gasteiger partial charge in [0.25, 0.3) is 5.91 Å². The molecule has 1 spiro atoms. The molecular formula is C17H18BrCl2NO. The average Bonchev–Trinajstić information content (AvgIpc) is 2.76. The zero-order valence-electron chi connectivity index (χ0n) is 12.4. The van der Waals surface area contributed by atoms with Crippen molar-refractivity contribution in [3.63, 3.8) is 0 Å². The van der Waals surface area contributed by atoms with Gasteiger partial charge >= 0.3 is 0 Å². The normalized spacial score (nSPS) is 20.6. The van der Waals surface area contributed by atoms with Crippen LogP contribution in [0.2, 0.25) is 10.0 Å². The van der Waals surface area contributed by atoms with Crippen molar-refractivity contribution in [3.8, 4) is 0 Å². The molecule has 1 heterocycles. The zero-order valence-corrected chi connectivity index (χ0v) is 15.5. The second-order valence-corrected chi connectivity index (χ2v) is 7.52. The Bertz CT molecular complexity index is 640. The number of benzene rings is 1. The van der Waals surface area contributed by atoms with E-state index in [9.17, 15) is 4.79 Å². The maximum atomic E-state index is 12.7. The van der Waals surface area contributed by atoms with E-state index in [-0.39, 0.29) is 11.4 Å². The lowest BCUT2D eigenvalue weighted by Gasteiger charge is -2.35. The number of alkyl halides is 1. The van der Waals surface area contributed by atoms with Gasteiger partial charge in [-0.25, -0.2) is 0 Å². The molecule has 0 aromatic heterocycles. The fourth-order valence-corrected chi connectivity index (χ4v) is 4.88. The van der Waals surface area contributed by atoms with E-state index < -0.39 is 0 Å². The highest BCUT2D eigenvalue weighted by molar-refractivity contribution is 9.09. The second kappa shape index (κ2) is 6.18. The highest BCUT2D eigenvalue weighted by Gasteiger charge is 2.45. The zero-order chi connectivity index (χ0) is 15.9. The van der Waals surface area contributed by atoms with Gasteiger partial charge in [0.2, 0.25) is 0 Å². The standard InChI is InChI=1S/C17H18BrCl2NO/c1-10-7-11(8-13(19)15(10)20)14-12(9-18)17(21-16(14)22)5-3-2-4-6-17/h7-8H,2-6,9H2,1H3,(H,21,22). The number of aryl methyl sites for hydroxylation is 1. The Labute approximate surface area is 149 Å². The summed E-state index contributed by atoms with van der Waals surface area (Å²) in [5.41, 5.74) is 3.51. The minimum atomic E-state index is -0.172. The molecular weight excluding hydrogens is 385 g/mol. The third kappa shape index (κ3) is 2.61. The molecule has 1 amide bonds. The monoisotopic (exact) mass is 401 g/mol. The van der Waals surface area contributed by atoms with Crippen LogP contribution in [-0.2, 0) is 4.79 Å². The van der Waals surface area contributed by atoms with Crippen LogP contribution in [0.15, 0.2) is 17.7 Å². The largest absolute Gasteiger partial charge is 0.343 e. The Morgan fingerprint density at radius 3 is 2.50 bits per heavy atom. The van der Waals surface area contributed by atoms with Crippen molar-refractivity contribution in [2.45, 2.75) is 44.6 Å². The van der Waals surface area contributed by atoms with Crippen molar-refractivity contribution in [2.24, 2.45) is 0 Å². The quantitative estimate of drug-likeness (QED) is 0.669. The van der Waals surface area contributed by atoms with Crippen LogP contribution in [0.4, 0.5) is 0 Å². The van der Waals surface area contributed by atoms with Gasteiger partial charge in [-0.3, -0.25) is 4.79 Å². The molecule has 5 heteroatoms. The summed E-state index contributed by atoms with van der Waals surface area (Å²) in [5, 5.41) is 5.00. The summed E-state index contributed by atoms with van der Waals surface area (Å²) in [6.45, 7) is 1.91. The van der Waals surface area contributed by atoms with E-state index in [4.69, 9.17) is 23.2 Å². The first-order chi connectivity index (χ1) is 10.5. The Kier molecular flexibility index (Phi) is 4.59. The number of amides is 1. The number of halogens is 3. The minimum absolute atomic E-state index is 0.00846. The molecule has 1 aromatic carbocycles. The lowest BCUT2D eigenvalue weighted by Crippen LogP contribution is -2.46. The van der Waals surface area contributed by atoms with Crippen LogP contribution < -0.4 is 5.32 Å². The molecule has 1 N–H and O–H groups in total. The van der Waals surface area contributed by atoms with E-state index in [0.717, 1.165) is 48.0 Å². The maximum absolute atomic E-state index is 12.7. The van der Waals surface area contributed by atoms with Crippen LogP contribution >= 0.6 is 39.1 Å². The molecule has 0 atom stereocenters. The number of hydrogen-bond acceptors (Lipinski definition) is 1. The van der Waals surface area contributed by atoms with E-state index in [1.807, 2.05) is 13.0 Å². The van der Waals surface area contributed by atoms with Crippen LogP contribution in [0, 0.1) is 6.92 Å². The Hall–Kier alpha value is -0.510. The molecule has 118 valence electrons. The van der Waals surface area contributed by atoms with Gasteiger partial charge in [0.15, 0.2) is 0 Å². The van der Waals surface area contributed by atoms with Crippen LogP contribution in [0.25, 0.3) is 5.57 Å². The van der Waals surface area contributed by atoms with Gasteiger partial charge in [0.05, 0.1) is 15.6 Å². The van der Waals surface area contributed by atoms with Gasteiger partial charge in [-0.15, -0.1) is 0 Å². The van der Waals surface area contributed by atoms with Crippen LogP contribution in [-0.4, -0.2) is 16.8 Å². The topological polar surface area (TPSA) is 29.1 Å². The molecule has 3 rings (SSSR count). The van der Waals surface area contributed by atoms with Crippen molar-refractivity contribution < 1.29 is 4.79 Å². The van der Waals surface area contributed by atoms with Crippen LogP contribution in [0.5, 0.6) is 0 Å². The van der Waals surface area contributed by atoms with Crippen LogP contribution in [0.1, 0.15) is 43.2 Å². The van der Waals surface area contributed by atoms with E-state index >= 15 is 0 Å². The third-order valence-corrected chi connectivity index (χ3v) is 6.26. The SMILES string of the molecule is Cc1cc(C2=C(CBr)C3(CCCCC3)NC2=O)cc(Cl)c1Cl. The number of nitrogens with one attached hydrogen (secondary N) is 1. The molecule has 0 unspecified atom stereocenters. The highest BCUT2D eigenvalue weighted by atomic mass is 79.9. The Balaban J connectivity index is 2.14. The summed E-state index contributed by atoms with van der Waals surface area (Å²) in [7, 11) is 0. The number of rotatable bonds is 2. The molecule has 1 fully saturated rings. The summed E-state index contributed by atoms with van der Waals surface area (Å²) in [6, 6.07) is 3.75. The first-order valence-electron chi connectivity index (χ1n) is 7.56. The van der Waals surface area contributed by atoms with Gasteiger partial charge < -0.3 is 5.32 Å². The third-order valence-electron chi connectivity index (χ3n) is 4.80. The molecule has 22 heavy (non-hydrogen) atoms. The lowest BCUT2D eigenvalue weighted by atomic mass is 9.77. The first-order valence-corrected chi connectivity index (χ1v) is 9.44. The predicted molar refractivity (Wildman–Crippen MR) is 95.9 cm³/mol. The predicted octanol–water partition coefficient (Wildman–Crippen LogP) is 5.28. The molecule has 1 aromatic rings. The van der Waals surface area contributed by atoms with Gasteiger partial charge in [-0.05, 0) is 48.6 Å². The molecule has 2 aliphatic rings. The number of hydrogen-bond donors (Lipinski definition) is 1. The molecule has 0 radical (unpaired) electrons. The van der Waals surface area contributed by atoms with E-state index in [0.29, 0.717) is 15.4 Å². The van der Waals surface area contributed by atoms with Crippen molar-refractivity contribution >= 4 is 50.6 Å². The van der Waals surface area contributed by atoms with Crippen molar-refractivity contribution in [1.82, 2.24) is 5.32 Å². The number of carbonyl (C=O) groups is 1. The molecule has 2 nitrogen and oxygen atoms in total. The van der Waals surface area contributed by atoms with E-state index in [1.165, 1.54) is 6.42 Å². The summed E-state index contributed by atoms with van der Waals surface area (Å²) in [6.07, 6.45) is 5.59. The van der Waals surface area contributed by atoms with Crippen LogP contribution in [0.3, 0.4) is 0 Å². The smallest absolute Gasteiger partial charge is 0.252 e. The minimum Gasteiger partial charge on any atom is -0.343 e. The van der Waals surface area contributed by atoms with Crippen molar-refractivity contribution in [2.75, 3.05) is 5.33 Å². The summed E-state index contributed by atoms with van der Waals surface area (Å²) in [4.78, 5) is 12.7. The maximum Gasteiger partial charge on any atom is 0.252 e. The highest BCUT2D eigenvalue weighted by Crippen LogP contribution is 2.44. The molecule has 1 aliphatic heterocycles.